The van der Waals surface area contributed by atoms with Crippen LogP contribution < -0.4 is 0 Å². The van der Waals surface area contributed by atoms with Crippen LogP contribution in [-0.4, -0.2) is 21.4 Å². The molecule has 100 valence electrons. The van der Waals surface area contributed by atoms with E-state index < -0.39 is 22.8 Å². The Bertz CT molecular complexity index is 425. The minimum Gasteiger partial charge on any atom is -0.387 e. The fourth-order valence-electron chi connectivity index (χ4n) is 1.35. The van der Waals surface area contributed by atoms with Crippen LogP contribution in [0.4, 0.5) is 8.78 Å². The summed E-state index contributed by atoms with van der Waals surface area (Å²) in [4.78, 5) is 0. The van der Waals surface area contributed by atoms with Gasteiger partial charge in [-0.15, -0.1) is 0 Å². The number of rotatable bonds is 4. The van der Waals surface area contributed by atoms with Gasteiger partial charge in [-0.2, -0.15) is 0 Å². The van der Waals surface area contributed by atoms with E-state index in [9.17, 15) is 19.0 Å². The average Bonchev–Trinajstić information content (AvgIpc) is 2.13. The summed E-state index contributed by atoms with van der Waals surface area (Å²) >= 11 is 0. The van der Waals surface area contributed by atoms with E-state index in [2.05, 4.69) is 0 Å². The zero-order valence-electron chi connectivity index (χ0n) is 10.7. The number of aliphatic hydroxyl groups is 2. The highest BCUT2D eigenvalue weighted by Crippen LogP contribution is 2.25. The molecule has 1 aromatic rings. The first-order valence-electron chi connectivity index (χ1n) is 5.69. The maximum absolute atomic E-state index is 12.9. The van der Waals surface area contributed by atoms with Crippen molar-refractivity contribution in [3.63, 3.8) is 0 Å². The van der Waals surface area contributed by atoms with Crippen molar-refractivity contribution in [1.82, 2.24) is 0 Å². The van der Waals surface area contributed by atoms with Crippen LogP contribution in [0.1, 0.15) is 32.8 Å². The number of halogens is 2. The Labute approximate surface area is 106 Å². The van der Waals surface area contributed by atoms with Crippen LogP contribution in [0, 0.1) is 11.6 Å². The molecule has 1 rings (SSSR count). The van der Waals surface area contributed by atoms with Crippen molar-refractivity contribution in [3.05, 3.63) is 41.5 Å². The van der Waals surface area contributed by atoms with Crippen molar-refractivity contribution in [1.29, 1.82) is 0 Å². The monoisotopic (exact) mass is 256 g/mol. The Balaban J connectivity index is 2.77. The summed E-state index contributed by atoms with van der Waals surface area (Å²) in [5.74, 6) is -1.30. The van der Waals surface area contributed by atoms with Gasteiger partial charge in [0, 0.05) is 6.07 Å². The van der Waals surface area contributed by atoms with E-state index in [1.54, 1.807) is 6.08 Å². The maximum atomic E-state index is 12.9. The Morgan fingerprint density at radius 1 is 1.06 bits per heavy atom. The second kappa shape index (κ2) is 5.16. The van der Waals surface area contributed by atoms with Crippen LogP contribution >= 0.6 is 0 Å². The molecule has 0 aliphatic heterocycles. The van der Waals surface area contributed by atoms with E-state index in [0.29, 0.717) is 5.56 Å². The van der Waals surface area contributed by atoms with Crippen molar-refractivity contribution < 1.29 is 19.0 Å². The van der Waals surface area contributed by atoms with Crippen LogP contribution in [0.25, 0.3) is 6.08 Å². The Morgan fingerprint density at radius 2 is 1.56 bits per heavy atom. The third-order valence-electron chi connectivity index (χ3n) is 3.03. The summed E-state index contributed by atoms with van der Waals surface area (Å²) in [6, 6.07) is 3.18. The molecule has 0 bridgehead atoms. The molecule has 1 unspecified atom stereocenters. The lowest BCUT2D eigenvalue weighted by molar-refractivity contribution is -0.117. The van der Waals surface area contributed by atoms with E-state index in [1.165, 1.54) is 39.0 Å². The first kappa shape index (κ1) is 14.8. The van der Waals surface area contributed by atoms with Gasteiger partial charge in [-0.05, 0) is 44.9 Å². The maximum Gasteiger partial charge on any atom is 0.126 e. The highest BCUT2D eigenvalue weighted by atomic mass is 19.1. The van der Waals surface area contributed by atoms with Gasteiger partial charge in [-0.1, -0.05) is 12.2 Å². The van der Waals surface area contributed by atoms with Gasteiger partial charge in [0.25, 0.3) is 0 Å². The molecule has 18 heavy (non-hydrogen) atoms. The molecule has 2 nitrogen and oxygen atoms in total. The lowest BCUT2D eigenvalue weighted by atomic mass is 9.85. The third-order valence-corrected chi connectivity index (χ3v) is 3.03. The van der Waals surface area contributed by atoms with Crippen molar-refractivity contribution >= 4 is 6.08 Å². The molecular weight excluding hydrogens is 238 g/mol. The summed E-state index contributed by atoms with van der Waals surface area (Å²) in [6.07, 6.45) is 3.26. The van der Waals surface area contributed by atoms with E-state index >= 15 is 0 Å². The molecule has 1 aromatic carbocycles. The van der Waals surface area contributed by atoms with E-state index in [4.69, 9.17) is 0 Å². The molecule has 2 N–H and O–H groups in total. The number of benzene rings is 1. The van der Waals surface area contributed by atoms with Gasteiger partial charge >= 0.3 is 0 Å². The summed E-state index contributed by atoms with van der Waals surface area (Å²) in [7, 11) is 0. The zero-order valence-corrected chi connectivity index (χ0v) is 10.7. The van der Waals surface area contributed by atoms with Gasteiger partial charge in [0.2, 0.25) is 0 Å². The Morgan fingerprint density at radius 3 is 2.00 bits per heavy atom. The third kappa shape index (κ3) is 3.89. The minimum absolute atomic E-state index is 0.175. The molecule has 0 saturated heterocycles. The van der Waals surface area contributed by atoms with Gasteiger partial charge < -0.3 is 10.2 Å². The number of hydrogen-bond acceptors (Lipinski definition) is 2. The number of hydrogen-bond donors (Lipinski definition) is 2. The van der Waals surface area contributed by atoms with E-state index in [-0.39, 0.29) is 6.42 Å². The SMILES string of the molecule is CC(C)(O)C(C)(O)C/C=C/c1cc(F)cc(F)c1. The van der Waals surface area contributed by atoms with E-state index in [0.717, 1.165) is 6.07 Å². The fourth-order valence-corrected chi connectivity index (χ4v) is 1.35. The topological polar surface area (TPSA) is 40.5 Å². The molecule has 0 spiro atoms. The molecular formula is C14H18F2O2. The predicted octanol–water partition coefficient (Wildman–Crippen LogP) is 2.89. The van der Waals surface area contributed by atoms with Crippen molar-refractivity contribution in [2.75, 3.05) is 0 Å². The minimum atomic E-state index is -1.31. The molecule has 0 aliphatic rings. The van der Waals surface area contributed by atoms with Crippen LogP contribution in [0.3, 0.4) is 0 Å². The molecule has 0 radical (unpaired) electrons. The second-order valence-electron chi connectivity index (χ2n) is 5.14. The van der Waals surface area contributed by atoms with Gasteiger partial charge in [-0.3, -0.25) is 0 Å². The van der Waals surface area contributed by atoms with Crippen LogP contribution in [0.5, 0.6) is 0 Å². The molecule has 0 fully saturated rings. The normalized spacial score (nSPS) is 15.9. The Hall–Kier alpha value is -1.26. The largest absolute Gasteiger partial charge is 0.387 e. The standard InChI is InChI=1S/C14H18F2O2/c1-13(2,17)14(3,18)6-4-5-10-7-11(15)9-12(16)8-10/h4-5,7-9,17-18H,6H2,1-3H3/b5-4+. The van der Waals surface area contributed by atoms with Crippen LogP contribution in [-0.2, 0) is 0 Å². The van der Waals surface area contributed by atoms with Gasteiger partial charge in [-0.25, -0.2) is 8.78 Å². The summed E-state index contributed by atoms with van der Waals surface area (Å²) in [6.45, 7) is 4.51. The van der Waals surface area contributed by atoms with Gasteiger partial charge in [0.05, 0.1) is 11.2 Å². The van der Waals surface area contributed by atoms with Gasteiger partial charge in [0.1, 0.15) is 11.6 Å². The van der Waals surface area contributed by atoms with Crippen LogP contribution in [0.2, 0.25) is 0 Å². The molecule has 0 aliphatic carbocycles. The summed E-state index contributed by atoms with van der Waals surface area (Å²) in [5, 5.41) is 19.7. The predicted molar refractivity (Wildman–Crippen MR) is 66.9 cm³/mol. The van der Waals surface area contributed by atoms with Crippen molar-refractivity contribution in [2.45, 2.75) is 38.4 Å². The average molecular weight is 256 g/mol. The highest BCUT2D eigenvalue weighted by Gasteiger charge is 2.36. The summed E-state index contributed by atoms with van der Waals surface area (Å²) in [5.41, 5.74) is -2.20. The molecule has 0 saturated carbocycles. The summed E-state index contributed by atoms with van der Waals surface area (Å²) < 4.78 is 25.8. The smallest absolute Gasteiger partial charge is 0.126 e. The molecule has 1 atom stereocenters. The molecule has 0 aromatic heterocycles. The van der Waals surface area contributed by atoms with Crippen molar-refractivity contribution in [3.8, 4) is 0 Å². The lowest BCUT2D eigenvalue weighted by Crippen LogP contribution is -2.47. The first-order chi connectivity index (χ1) is 8.12. The lowest BCUT2D eigenvalue weighted by Gasteiger charge is -2.34. The van der Waals surface area contributed by atoms with Crippen molar-refractivity contribution in [2.24, 2.45) is 0 Å². The van der Waals surface area contributed by atoms with E-state index in [1.807, 2.05) is 0 Å². The van der Waals surface area contributed by atoms with Gasteiger partial charge in [0.15, 0.2) is 0 Å². The molecule has 0 heterocycles. The van der Waals surface area contributed by atoms with Crippen LogP contribution in [0.15, 0.2) is 24.3 Å². The second-order valence-corrected chi connectivity index (χ2v) is 5.14. The zero-order chi connectivity index (χ0) is 14.0. The first-order valence-corrected chi connectivity index (χ1v) is 5.69. The highest BCUT2D eigenvalue weighted by molar-refractivity contribution is 5.49. The molecule has 0 amide bonds. The quantitative estimate of drug-likeness (QED) is 0.869. The fraction of sp³-hybridized carbons (Fsp3) is 0.429. The Kier molecular flexibility index (Phi) is 4.24. The molecule has 4 heteroatoms.